The number of imide groups is 1. The summed E-state index contributed by atoms with van der Waals surface area (Å²) in [5, 5.41) is 5.87. The Morgan fingerprint density at radius 2 is 1.91 bits per heavy atom. The number of hydrogen-bond donors (Lipinski definition) is 2. The standard InChI is InChI=1S/C17H18N4O2/c22-15-7-6-14(17(23)19-15)21-11-9-18-16-13(21)8-10-20(16)12-4-2-1-3-5-12/h1-5,8,10,14,18H,6-7,9,11H2,(H,19,22,23). The first kappa shape index (κ1) is 13.9. The number of amides is 2. The van der Waals surface area contributed by atoms with E-state index in [0.29, 0.717) is 12.8 Å². The van der Waals surface area contributed by atoms with Crippen molar-refractivity contribution in [2.75, 3.05) is 23.3 Å². The minimum Gasteiger partial charge on any atom is -0.368 e. The molecule has 6 heteroatoms. The van der Waals surface area contributed by atoms with Crippen molar-refractivity contribution in [3.8, 4) is 5.69 Å². The van der Waals surface area contributed by atoms with E-state index in [0.717, 1.165) is 30.3 Å². The van der Waals surface area contributed by atoms with Gasteiger partial charge in [-0.05, 0) is 24.6 Å². The fraction of sp³-hybridized carbons (Fsp3) is 0.294. The van der Waals surface area contributed by atoms with Crippen molar-refractivity contribution in [1.82, 2.24) is 9.88 Å². The second-order valence-electron chi connectivity index (χ2n) is 5.84. The van der Waals surface area contributed by atoms with Crippen LogP contribution in [0.3, 0.4) is 0 Å². The highest BCUT2D eigenvalue weighted by Crippen LogP contribution is 2.35. The van der Waals surface area contributed by atoms with Gasteiger partial charge in [-0.2, -0.15) is 0 Å². The molecule has 2 amide bonds. The minimum absolute atomic E-state index is 0.177. The van der Waals surface area contributed by atoms with Crippen molar-refractivity contribution >= 4 is 23.3 Å². The van der Waals surface area contributed by atoms with Crippen LogP contribution >= 0.6 is 0 Å². The lowest BCUT2D eigenvalue weighted by Gasteiger charge is -2.37. The number of rotatable bonds is 2. The molecule has 0 aliphatic carbocycles. The van der Waals surface area contributed by atoms with E-state index in [1.807, 2.05) is 42.6 Å². The SMILES string of the molecule is O=C1CCC(N2CCNc3c2ccn3-c2ccccc2)C(=O)N1. The first-order valence-corrected chi connectivity index (χ1v) is 7.85. The molecule has 4 rings (SSSR count). The molecule has 2 aromatic rings. The summed E-state index contributed by atoms with van der Waals surface area (Å²) in [4.78, 5) is 25.7. The molecule has 1 fully saturated rings. The lowest BCUT2D eigenvalue weighted by molar-refractivity contribution is -0.134. The lowest BCUT2D eigenvalue weighted by atomic mass is 10.0. The summed E-state index contributed by atoms with van der Waals surface area (Å²) in [6.45, 7) is 1.51. The van der Waals surface area contributed by atoms with Crippen LogP contribution < -0.4 is 15.5 Å². The number of fused-ring (bicyclic) bond motifs is 1. The average molecular weight is 310 g/mol. The molecule has 23 heavy (non-hydrogen) atoms. The zero-order valence-corrected chi connectivity index (χ0v) is 12.7. The number of hydrogen-bond acceptors (Lipinski definition) is 4. The maximum absolute atomic E-state index is 12.2. The highest BCUT2D eigenvalue weighted by Gasteiger charge is 2.34. The molecule has 1 atom stereocenters. The molecule has 0 radical (unpaired) electrons. The molecule has 1 saturated heterocycles. The van der Waals surface area contributed by atoms with Crippen LogP contribution in [0.1, 0.15) is 12.8 Å². The third-order valence-corrected chi connectivity index (χ3v) is 4.44. The van der Waals surface area contributed by atoms with Crippen molar-refractivity contribution in [1.29, 1.82) is 0 Å². The number of nitrogens with zero attached hydrogens (tertiary/aromatic N) is 2. The Hall–Kier alpha value is -2.76. The van der Waals surface area contributed by atoms with E-state index < -0.39 is 0 Å². The molecule has 2 N–H and O–H groups in total. The van der Waals surface area contributed by atoms with E-state index in [1.54, 1.807) is 0 Å². The van der Waals surface area contributed by atoms with Crippen LogP contribution in [0.15, 0.2) is 42.6 Å². The molecule has 0 saturated carbocycles. The Bertz CT molecular complexity index is 753. The van der Waals surface area contributed by atoms with Gasteiger partial charge in [-0.25, -0.2) is 0 Å². The van der Waals surface area contributed by atoms with Gasteiger partial charge in [-0.15, -0.1) is 0 Å². The summed E-state index contributed by atoms with van der Waals surface area (Å²) in [5.41, 5.74) is 2.08. The largest absolute Gasteiger partial charge is 0.368 e. The van der Waals surface area contributed by atoms with Gasteiger partial charge in [0.25, 0.3) is 0 Å². The summed E-state index contributed by atoms with van der Waals surface area (Å²) in [6.07, 6.45) is 2.98. The van der Waals surface area contributed by atoms with Gasteiger partial charge >= 0.3 is 0 Å². The van der Waals surface area contributed by atoms with Crippen LogP contribution in [0.2, 0.25) is 0 Å². The van der Waals surface area contributed by atoms with Crippen LogP contribution in [-0.4, -0.2) is 35.5 Å². The van der Waals surface area contributed by atoms with Crippen LogP contribution in [0.4, 0.5) is 11.5 Å². The number of para-hydroxylation sites is 1. The summed E-state index contributed by atoms with van der Waals surface area (Å²) < 4.78 is 2.09. The van der Waals surface area contributed by atoms with Crippen LogP contribution in [0.25, 0.3) is 5.69 Å². The van der Waals surface area contributed by atoms with Gasteiger partial charge in [0, 0.05) is 31.4 Å². The molecule has 1 unspecified atom stereocenters. The smallest absolute Gasteiger partial charge is 0.249 e. The quantitative estimate of drug-likeness (QED) is 0.825. The first-order valence-electron chi connectivity index (χ1n) is 7.85. The molecule has 2 aliphatic heterocycles. The van der Waals surface area contributed by atoms with Crippen molar-refractivity contribution < 1.29 is 9.59 Å². The normalized spacial score (nSPS) is 20.7. The third-order valence-electron chi connectivity index (χ3n) is 4.44. The van der Waals surface area contributed by atoms with Gasteiger partial charge in [-0.3, -0.25) is 14.9 Å². The van der Waals surface area contributed by atoms with E-state index in [9.17, 15) is 9.59 Å². The van der Waals surface area contributed by atoms with Gasteiger partial charge in [0.05, 0.1) is 5.69 Å². The predicted octanol–water partition coefficient (Wildman–Crippen LogP) is 1.51. The summed E-state index contributed by atoms with van der Waals surface area (Å²) in [5.74, 6) is 0.622. The molecular weight excluding hydrogens is 292 g/mol. The maximum Gasteiger partial charge on any atom is 0.249 e. The van der Waals surface area contributed by atoms with Gasteiger partial charge in [-0.1, -0.05) is 18.2 Å². The Morgan fingerprint density at radius 1 is 1.09 bits per heavy atom. The zero-order chi connectivity index (χ0) is 15.8. The third kappa shape index (κ3) is 2.36. The maximum atomic E-state index is 12.2. The highest BCUT2D eigenvalue weighted by molar-refractivity contribution is 6.02. The van der Waals surface area contributed by atoms with E-state index in [-0.39, 0.29) is 17.9 Å². The van der Waals surface area contributed by atoms with Gasteiger partial charge < -0.3 is 14.8 Å². The van der Waals surface area contributed by atoms with Crippen molar-refractivity contribution in [2.24, 2.45) is 0 Å². The Kier molecular flexibility index (Phi) is 3.29. The molecule has 0 spiro atoms. The molecule has 3 heterocycles. The molecule has 0 bridgehead atoms. The second kappa shape index (κ2) is 5.46. The molecule has 6 nitrogen and oxygen atoms in total. The number of nitrogens with one attached hydrogen (secondary N) is 2. The number of anilines is 2. The summed E-state index contributed by atoms with van der Waals surface area (Å²) in [6, 6.07) is 11.8. The molecular formula is C17H18N4O2. The lowest BCUT2D eigenvalue weighted by Crippen LogP contribution is -2.54. The molecule has 1 aromatic carbocycles. The fourth-order valence-corrected chi connectivity index (χ4v) is 3.35. The Balaban J connectivity index is 1.69. The molecule has 118 valence electrons. The van der Waals surface area contributed by atoms with Crippen LogP contribution in [0, 0.1) is 0 Å². The van der Waals surface area contributed by atoms with Gasteiger partial charge in [0.1, 0.15) is 11.9 Å². The first-order chi connectivity index (χ1) is 11.2. The summed E-state index contributed by atoms with van der Waals surface area (Å²) >= 11 is 0. The topological polar surface area (TPSA) is 66.4 Å². The van der Waals surface area contributed by atoms with Crippen LogP contribution in [0.5, 0.6) is 0 Å². The Morgan fingerprint density at radius 3 is 2.70 bits per heavy atom. The number of carbonyl (C=O) groups excluding carboxylic acids is 2. The summed E-state index contributed by atoms with van der Waals surface area (Å²) in [7, 11) is 0. The molecule has 1 aromatic heterocycles. The number of aromatic nitrogens is 1. The van der Waals surface area contributed by atoms with Crippen LogP contribution in [-0.2, 0) is 9.59 Å². The van der Waals surface area contributed by atoms with Gasteiger partial charge in [0.15, 0.2) is 0 Å². The fourth-order valence-electron chi connectivity index (χ4n) is 3.35. The highest BCUT2D eigenvalue weighted by atomic mass is 16.2. The van der Waals surface area contributed by atoms with Crippen molar-refractivity contribution in [3.05, 3.63) is 42.6 Å². The number of carbonyl (C=O) groups is 2. The van der Waals surface area contributed by atoms with Crippen molar-refractivity contribution in [2.45, 2.75) is 18.9 Å². The van der Waals surface area contributed by atoms with E-state index in [1.165, 1.54) is 0 Å². The number of piperidine rings is 1. The zero-order valence-electron chi connectivity index (χ0n) is 12.7. The monoisotopic (exact) mass is 310 g/mol. The minimum atomic E-state index is -0.278. The van der Waals surface area contributed by atoms with E-state index in [4.69, 9.17) is 0 Å². The van der Waals surface area contributed by atoms with E-state index >= 15 is 0 Å². The Labute approximate surface area is 134 Å². The van der Waals surface area contributed by atoms with Gasteiger partial charge in [0.2, 0.25) is 11.8 Å². The predicted molar refractivity (Wildman–Crippen MR) is 87.8 cm³/mol. The number of benzene rings is 1. The van der Waals surface area contributed by atoms with Crippen molar-refractivity contribution in [3.63, 3.8) is 0 Å². The average Bonchev–Trinajstić information content (AvgIpc) is 3.00. The van der Waals surface area contributed by atoms with E-state index in [2.05, 4.69) is 20.1 Å². The second-order valence-corrected chi connectivity index (χ2v) is 5.84. The molecule has 2 aliphatic rings.